The van der Waals surface area contributed by atoms with E-state index in [4.69, 9.17) is 53.1 Å². The summed E-state index contributed by atoms with van der Waals surface area (Å²) in [6.45, 7) is 12.8. The van der Waals surface area contributed by atoms with Gasteiger partial charge in [-0.1, -0.05) is 77.9 Å². The van der Waals surface area contributed by atoms with E-state index < -0.39 is 0 Å². The van der Waals surface area contributed by atoms with Gasteiger partial charge < -0.3 is 30.4 Å². The first-order valence-corrected chi connectivity index (χ1v) is 17.6. The molecular weight excluding hydrogens is 701 g/mol. The monoisotopic (exact) mass is 742 g/mol. The first-order valence-electron chi connectivity index (χ1n) is 17.6. The second kappa shape index (κ2) is 19.5. The number of nitrogen functional groups attached to an aromatic ring is 2. The average Bonchev–Trinajstić information content (AvgIpc) is 3.21. The molecule has 280 valence electrons. The third kappa shape index (κ3) is 12.3. The lowest BCUT2D eigenvalue weighted by molar-refractivity contribution is 0.299. The lowest BCUT2D eigenvalue weighted by Gasteiger charge is -2.12. The number of nitrogens with zero attached hydrogens (tertiary/aromatic N) is 2. The van der Waals surface area contributed by atoms with Crippen molar-refractivity contribution in [2.75, 3.05) is 0 Å². The Morgan fingerprint density at radius 2 is 0.929 bits per heavy atom. The highest BCUT2D eigenvalue weighted by atomic mass is 16.5. The molecule has 0 fully saturated rings. The number of aryl methyl sites for hydroxylation is 2. The molecule has 0 aliphatic carbocycles. The number of amidine groups is 2. The van der Waals surface area contributed by atoms with E-state index in [1.165, 1.54) is 0 Å². The minimum atomic E-state index is 0.0132. The standard InChI is InChI=1S/C23H24N4O2.C23H18N2O2/c1-15-8-16(13-28-20-6-2-4-18(11-20)22(24)25)10-17(9-15)14-29-21-7-3-5-19(12-21)23(26)27;1-17-9-19(15-26-22-7-3-5-18(12-22)14-24)11-20(10-17)16-27-23-8-4-6-21(13-23)25-2/h2-12H,13-14H2,1H3,(H3,24,25)(H3,26,27);3-13H,15-16H2,1H3. The summed E-state index contributed by atoms with van der Waals surface area (Å²) in [5.74, 6) is 2.70. The molecular formula is C46H42N6O4. The Hall–Kier alpha value is -7.56. The summed E-state index contributed by atoms with van der Waals surface area (Å²) < 4.78 is 23.4. The quantitative estimate of drug-likeness (QED) is 0.0491. The van der Waals surface area contributed by atoms with Gasteiger partial charge in [0.15, 0.2) is 5.69 Å². The third-order valence-electron chi connectivity index (χ3n) is 8.22. The van der Waals surface area contributed by atoms with Gasteiger partial charge in [0.1, 0.15) is 61.1 Å². The predicted octanol–water partition coefficient (Wildman–Crippen LogP) is 9.30. The van der Waals surface area contributed by atoms with E-state index in [2.05, 4.69) is 35.2 Å². The van der Waals surface area contributed by atoms with Gasteiger partial charge in [0, 0.05) is 11.1 Å². The number of rotatable bonds is 14. The molecule has 0 heterocycles. The normalized spacial score (nSPS) is 10.1. The van der Waals surface area contributed by atoms with Gasteiger partial charge >= 0.3 is 0 Å². The molecule has 10 heteroatoms. The topological polar surface area (TPSA) is 165 Å². The molecule has 0 radical (unpaired) electrons. The van der Waals surface area contributed by atoms with Crippen molar-refractivity contribution in [3.63, 3.8) is 0 Å². The van der Waals surface area contributed by atoms with E-state index in [0.29, 0.717) is 71.8 Å². The average molecular weight is 743 g/mol. The fourth-order valence-corrected chi connectivity index (χ4v) is 5.70. The number of hydrogen-bond donors (Lipinski definition) is 4. The van der Waals surface area contributed by atoms with E-state index in [-0.39, 0.29) is 11.7 Å². The van der Waals surface area contributed by atoms with E-state index >= 15 is 0 Å². The van der Waals surface area contributed by atoms with Crippen molar-refractivity contribution in [2.24, 2.45) is 11.5 Å². The van der Waals surface area contributed by atoms with Crippen LogP contribution >= 0.6 is 0 Å². The van der Waals surface area contributed by atoms with Crippen molar-refractivity contribution >= 4 is 17.4 Å². The Bertz CT molecular complexity index is 2250. The lowest BCUT2D eigenvalue weighted by atomic mass is 10.1. The summed E-state index contributed by atoms with van der Waals surface area (Å²) >= 11 is 0. The maximum absolute atomic E-state index is 8.97. The van der Waals surface area contributed by atoms with Crippen LogP contribution in [-0.2, 0) is 26.4 Å². The van der Waals surface area contributed by atoms with Crippen LogP contribution < -0.4 is 30.4 Å². The SMILES string of the molecule is Cc1cc(COc2cccc(C(=N)N)c2)cc(COc2cccc(C(=N)N)c2)c1.[C-]#[N+]c1cccc(OCc2cc(C)cc(COc3cccc(C#N)c3)c2)c1. The Labute approximate surface area is 327 Å². The summed E-state index contributed by atoms with van der Waals surface area (Å²) in [5, 5.41) is 24.0. The highest BCUT2D eigenvalue weighted by molar-refractivity contribution is 5.95. The Morgan fingerprint density at radius 3 is 1.32 bits per heavy atom. The van der Waals surface area contributed by atoms with Gasteiger partial charge in [-0.15, -0.1) is 0 Å². The molecule has 6 rings (SSSR count). The van der Waals surface area contributed by atoms with Crippen LogP contribution in [0.15, 0.2) is 133 Å². The zero-order valence-corrected chi connectivity index (χ0v) is 31.2. The van der Waals surface area contributed by atoms with Crippen LogP contribution in [0, 0.1) is 42.6 Å². The van der Waals surface area contributed by atoms with Gasteiger partial charge in [0.05, 0.1) is 18.2 Å². The number of nitrogens with one attached hydrogen (secondary N) is 2. The lowest BCUT2D eigenvalue weighted by Crippen LogP contribution is -2.11. The molecule has 0 spiro atoms. The molecule has 6 aromatic carbocycles. The summed E-state index contributed by atoms with van der Waals surface area (Å²) in [6, 6.07) is 43.1. The summed E-state index contributed by atoms with van der Waals surface area (Å²) in [6.07, 6.45) is 0. The van der Waals surface area contributed by atoms with Crippen molar-refractivity contribution in [1.29, 1.82) is 16.1 Å². The maximum atomic E-state index is 8.97. The number of ether oxygens (including phenoxy) is 4. The molecule has 0 bridgehead atoms. The van der Waals surface area contributed by atoms with E-state index in [9.17, 15) is 0 Å². The molecule has 0 amide bonds. The first kappa shape index (κ1) is 39.6. The fourth-order valence-electron chi connectivity index (χ4n) is 5.70. The van der Waals surface area contributed by atoms with E-state index in [1.54, 1.807) is 54.6 Å². The second-order valence-corrected chi connectivity index (χ2v) is 12.9. The van der Waals surface area contributed by atoms with Crippen molar-refractivity contribution in [3.05, 3.63) is 195 Å². The highest BCUT2D eigenvalue weighted by Crippen LogP contribution is 2.23. The van der Waals surface area contributed by atoms with Crippen molar-refractivity contribution < 1.29 is 18.9 Å². The molecule has 0 atom stereocenters. The fraction of sp³-hybridized carbons (Fsp3) is 0.130. The Kier molecular flexibility index (Phi) is 13.8. The van der Waals surface area contributed by atoms with Crippen LogP contribution in [-0.4, -0.2) is 11.7 Å². The molecule has 56 heavy (non-hydrogen) atoms. The molecule has 0 aromatic heterocycles. The second-order valence-electron chi connectivity index (χ2n) is 12.9. The molecule has 0 unspecified atom stereocenters. The van der Waals surface area contributed by atoms with Gasteiger partial charge in [0.25, 0.3) is 0 Å². The van der Waals surface area contributed by atoms with Crippen LogP contribution in [0.2, 0.25) is 0 Å². The molecule has 0 saturated heterocycles. The third-order valence-corrected chi connectivity index (χ3v) is 8.22. The first-order chi connectivity index (χ1) is 27.1. The largest absolute Gasteiger partial charge is 0.490 e. The van der Waals surface area contributed by atoms with Gasteiger partial charge in [-0.25, -0.2) is 4.85 Å². The molecule has 0 aliphatic heterocycles. The van der Waals surface area contributed by atoms with Crippen molar-refractivity contribution in [2.45, 2.75) is 40.3 Å². The molecule has 6 aromatic rings. The number of nitriles is 1. The molecule has 10 nitrogen and oxygen atoms in total. The zero-order valence-electron chi connectivity index (χ0n) is 31.2. The number of nitrogens with two attached hydrogens (primary N) is 2. The maximum Gasteiger partial charge on any atom is 0.190 e. The minimum Gasteiger partial charge on any atom is -0.490 e. The van der Waals surface area contributed by atoms with E-state index in [1.807, 2.05) is 68.4 Å². The van der Waals surface area contributed by atoms with Crippen LogP contribution in [0.4, 0.5) is 5.69 Å². The van der Waals surface area contributed by atoms with Crippen LogP contribution in [0.25, 0.3) is 4.85 Å². The highest BCUT2D eigenvalue weighted by Gasteiger charge is 2.06. The minimum absolute atomic E-state index is 0.0132. The van der Waals surface area contributed by atoms with Crippen LogP contribution in [0.5, 0.6) is 23.0 Å². The number of benzene rings is 6. The predicted molar refractivity (Wildman–Crippen MR) is 218 cm³/mol. The van der Waals surface area contributed by atoms with Gasteiger partial charge in [0.2, 0.25) is 0 Å². The summed E-state index contributed by atoms with van der Waals surface area (Å²) in [7, 11) is 0. The Balaban J connectivity index is 0.000000215. The molecule has 0 saturated carbocycles. The van der Waals surface area contributed by atoms with E-state index in [0.717, 1.165) is 33.4 Å². The Morgan fingerprint density at radius 1 is 0.554 bits per heavy atom. The summed E-state index contributed by atoms with van der Waals surface area (Å²) in [4.78, 5) is 3.41. The van der Waals surface area contributed by atoms with Gasteiger partial charge in [-0.05, 0) is 103 Å². The van der Waals surface area contributed by atoms with Gasteiger partial charge in [-0.2, -0.15) is 5.26 Å². The molecule has 0 aliphatic rings. The van der Waals surface area contributed by atoms with Crippen molar-refractivity contribution in [1.82, 2.24) is 0 Å². The van der Waals surface area contributed by atoms with Crippen LogP contribution in [0.1, 0.15) is 50.1 Å². The zero-order chi connectivity index (χ0) is 39.9. The van der Waals surface area contributed by atoms with Gasteiger partial charge in [-0.3, -0.25) is 10.8 Å². The number of hydrogen-bond acceptors (Lipinski definition) is 7. The van der Waals surface area contributed by atoms with Crippen molar-refractivity contribution in [3.8, 4) is 29.1 Å². The smallest absolute Gasteiger partial charge is 0.190 e. The summed E-state index contributed by atoms with van der Waals surface area (Å²) in [5.41, 5.74) is 19.8. The molecule has 6 N–H and O–H groups in total. The van der Waals surface area contributed by atoms with Crippen LogP contribution in [0.3, 0.4) is 0 Å².